The van der Waals surface area contributed by atoms with Crippen molar-refractivity contribution in [2.75, 3.05) is 13.2 Å². The Morgan fingerprint density at radius 2 is 1.89 bits per heavy atom. The summed E-state index contributed by atoms with van der Waals surface area (Å²) in [6.07, 6.45) is -4.45. The first kappa shape index (κ1) is 20.2. The van der Waals surface area contributed by atoms with Gasteiger partial charge in [-0.1, -0.05) is 6.08 Å². The Kier molecular flexibility index (Phi) is 6.16. The van der Waals surface area contributed by atoms with Crippen LogP contribution in [0.1, 0.15) is 6.92 Å². The number of ether oxygens (including phenoxy) is 4. The highest BCUT2D eigenvalue weighted by Crippen LogP contribution is 2.41. The summed E-state index contributed by atoms with van der Waals surface area (Å²) in [5.74, 6) is -1.39. The van der Waals surface area contributed by atoms with E-state index in [-0.39, 0.29) is 12.5 Å². The molecular formula is C17H24O10. The van der Waals surface area contributed by atoms with Crippen molar-refractivity contribution in [2.45, 2.75) is 50.0 Å². The molecule has 2 heterocycles. The van der Waals surface area contributed by atoms with Gasteiger partial charge in [0.15, 0.2) is 6.29 Å². The zero-order valence-corrected chi connectivity index (χ0v) is 14.6. The van der Waals surface area contributed by atoms with E-state index in [0.717, 1.165) is 0 Å². The van der Waals surface area contributed by atoms with E-state index >= 15 is 0 Å². The average molecular weight is 388 g/mol. The number of carbonyl (C=O) groups is 1. The van der Waals surface area contributed by atoms with Gasteiger partial charge in [-0.3, -0.25) is 4.79 Å². The van der Waals surface area contributed by atoms with Gasteiger partial charge in [0, 0.05) is 12.8 Å². The summed E-state index contributed by atoms with van der Waals surface area (Å²) in [5.41, 5.74) is 0.585. The molecule has 3 rings (SSSR count). The number of fused-ring (bicyclic) bond motifs is 1. The maximum absolute atomic E-state index is 11.1. The fraction of sp³-hybridized carbons (Fsp3) is 0.706. The lowest BCUT2D eigenvalue weighted by molar-refractivity contribution is -0.339. The van der Waals surface area contributed by atoms with Gasteiger partial charge in [-0.05, 0) is 11.6 Å². The highest BCUT2D eigenvalue weighted by molar-refractivity contribution is 5.66. The van der Waals surface area contributed by atoms with Crippen LogP contribution in [-0.4, -0.2) is 87.8 Å². The molecule has 0 bridgehead atoms. The minimum atomic E-state index is -1.58. The minimum absolute atomic E-state index is 0.0562. The molecule has 10 nitrogen and oxygen atoms in total. The smallest absolute Gasteiger partial charge is 0.302 e. The molecular weight excluding hydrogens is 364 g/mol. The molecule has 152 valence electrons. The molecule has 5 N–H and O–H groups in total. The van der Waals surface area contributed by atoms with Gasteiger partial charge < -0.3 is 44.5 Å². The van der Waals surface area contributed by atoms with Gasteiger partial charge in [0.2, 0.25) is 6.29 Å². The fourth-order valence-electron chi connectivity index (χ4n) is 3.55. The van der Waals surface area contributed by atoms with Crippen molar-refractivity contribution in [1.82, 2.24) is 0 Å². The second kappa shape index (κ2) is 8.23. The summed E-state index contributed by atoms with van der Waals surface area (Å²) in [7, 11) is 0. The van der Waals surface area contributed by atoms with E-state index in [0.29, 0.717) is 5.57 Å². The maximum atomic E-state index is 11.1. The lowest BCUT2D eigenvalue weighted by Gasteiger charge is -2.42. The number of esters is 1. The van der Waals surface area contributed by atoms with Crippen molar-refractivity contribution in [2.24, 2.45) is 11.8 Å². The Labute approximate surface area is 155 Å². The lowest BCUT2D eigenvalue weighted by atomic mass is 9.88. The summed E-state index contributed by atoms with van der Waals surface area (Å²) in [6, 6.07) is 0. The number of rotatable bonds is 5. The van der Waals surface area contributed by atoms with E-state index < -0.39 is 61.6 Å². The molecule has 1 saturated heterocycles. The molecule has 0 radical (unpaired) electrons. The van der Waals surface area contributed by atoms with Crippen LogP contribution in [0, 0.1) is 11.8 Å². The van der Waals surface area contributed by atoms with Crippen molar-refractivity contribution in [3.63, 3.8) is 0 Å². The van der Waals surface area contributed by atoms with Crippen molar-refractivity contribution in [1.29, 1.82) is 0 Å². The second-order valence-electron chi connectivity index (χ2n) is 6.78. The van der Waals surface area contributed by atoms with Gasteiger partial charge in [0.05, 0.1) is 24.9 Å². The van der Waals surface area contributed by atoms with Crippen LogP contribution in [0.2, 0.25) is 0 Å². The molecule has 0 unspecified atom stereocenters. The van der Waals surface area contributed by atoms with Crippen LogP contribution >= 0.6 is 0 Å². The Balaban J connectivity index is 1.74. The average Bonchev–Trinajstić information content (AvgIpc) is 2.97. The van der Waals surface area contributed by atoms with Gasteiger partial charge in [-0.25, -0.2) is 0 Å². The van der Waals surface area contributed by atoms with Crippen LogP contribution < -0.4 is 0 Å². The summed E-state index contributed by atoms with van der Waals surface area (Å²) in [6.45, 7) is 0.626. The third kappa shape index (κ3) is 4.02. The number of hydrogen-bond acceptors (Lipinski definition) is 10. The first-order chi connectivity index (χ1) is 12.8. The Hall–Kier alpha value is -1.53. The fourth-order valence-corrected chi connectivity index (χ4v) is 3.55. The molecule has 2 aliphatic heterocycles. The van der Waals surface area contributed by atoms with Crippen molar-refractivity contribution in [3.8, 4) is 0 Å². The molecule has 0 aromatic rings. The predicted molar refractivity (Wildman–Crippen MR) is 86.6 cm³/mol. The van der Waals surface area contributed by atoms with Crippen LogP contribution in [0.4, 0.5) is 0 Å². The highest BCUT2D eigenvalue weighted by Gasteiger charge is 2.49. The third-order valence-electron chi connectivity index (χ3n) is 4.99. The predicted octanol–water partition coefficient (Wildman–Crippen LogP) is -2.23. The number of aliphatic hydroxyl groups is 5. The lowest BCUT2D eigenvalue weighted by Crippen LogP contribution is -2.60. The van der Waals surface area contributed by atoms with E-state index in [1.54, 1.807) is 12.2 Å². The Morgan fingerprint density at radius 3 is 2.56 bits per heavy atom. The second-order valence-corrected chi connectivity index (χ2v) is 6.78. The molecule has 0 spiro atoms. The molecule has 27 heavy (non-hydrogen) atoms. The summed E-state index contributed by atoms with van der Waals surface area (Å²) >= 11 is 0. The zero-order valence-electron chi connectivity index (χ0n) is 14.6. The molecule has 10 heteroatoms. The van der Waals surface area contributed by atoms with Gasteiger partial charge >= 0.3 is 5.97 Å². The maximum Gasteiger partial charge on any atom is 0.302 e. The highest BCUT2D eigenvalue weighted by atomic mass is 16.8. The third-order valence-corrected chi connectivity index (χ3v) is 4.99. The Bertz CT molecular complexity index is 603. The van der Waals surface area contributed by atoms with Crippen LogP contribution in [-0.2, 0) is 23.7 Å². The SMILES string of the molecule is CC(=O)OCC1=C[C@@H](O)[C@@H]2C=CO[C@@H](O[C@H]3O[C@@H](CO)[C@@H](O)[C@@H](O)[C@H]3O)[C@H]12. The van der Waals surface area contributed by atoms with Gasteiger partial charge in [-0.15, -0.1) is 0 Å². The van der Waals surface area contributed by atoms with Crippen LogP contribution in [0.5, 0.6) is 0 Å². The summed E-state index contributed by atoms with van der Waals surface area (Å²) in [5, 5.41) is 49.4. The molecule has 0 saturated carbocycles. The molecule has 0 aromatic carbocycles. The number of aliphatic hydroxyl groups excluding tert-OH is 5. The van der Waals surface area contributed by atoms with Crippen molar-refractivity contribution < 1.29 is 49.3 Å². The van der Waals surface area contributed by atoms with Gasteiger partial charge in [0.1, 0.15) is 31.0 Å². The van der Waals surface area contributed by atoms with Crippen LogP contribution in [0.15, 0.2) is 24.0 Å². The van der Waals surface area contributed by atoms with E-state index in [9.17, 15) is 30.3 Å². The molecule has 0 aromatic heterocycles. The van der Waals surface area contributed by atoms with E-state index in [1.807, 2.05) is 0 Å². The first-order valence-electron chi connectivity index (χ1n) is 8.63. The molecule has 1 fully saturated rings. The zero-order chi connectivity index (χ0) is 19.7. The standard InChI is InChI=1S/C17H24O10/c1-7(19)25-6-8-4-10(20)9-2-3-24-16(12(8)9)27-17-15(23)14(22)13(21)11(5-18)26-17/h2-4,9-18,20-23H,5-6H2,1H3/t9-,10+,11-,12+,13+,14+,15+,16-,17+/m0/s1. The van der Waals surface area contributed by atoms with Crippen LogP contribution in [0.25, 0.3) is 0 Å². The minimum Gasteiger partial charge on any atom is -0.472 e. The number of carbonyl (C=O) groups excluding carboxylic acids is 1. The summed E-state index contributed by atoms with van der Waals surface area (Å²) < 4.78 is 21.5. The van der Waals surface area contributed by atoms with E-state index in [2.05, 4.69) is 0 Å². The molecule has 1 aliphatic carbocycles. The molecule has 3 aliphatic rings. The molecule has 9 atom stereocenters. The largest absolute Gasteiger partial charge is 0.472 e. The van der Waals surface area contributed by atoms with Crippen LogP contribution in [0.3, 0.4) is 0 Å². The van der Waals surface area contributed by atoms with Crippen molar-refractivity contribution in [3.05, 3.63) is 24.0 Å². The first-order valence-corrected chi connectivity index (χ1v) is 8.63. The van der Waals surface area contributed by atoms with Gasteiger partial charge in [0.25, 0.3) is 0 Å². The number of hydrogen-bond donors (Lipinski definition) is 5. The van der Waals surface area contributed by atoms with E-state index in [1.165, 1.54) is 13.2 Å². The van der Waals surface area contributed by atoms with Crippen molar-refractivity contribution >= 4 is 5.97 Å². The quantitative estimate of drug-likeness (QED) is 0.258. The Morgan fingerprint density at radius 1 is 1.15 bits per heavy atom. The normalized spacial score (nSPS) is 43.6. The van der Waals surface area contributed by atoms with Gasteiger partial charge in [-0.2, -0.15) is 0 Å². The topological polar surface area (TPSA) is 155 Å². The summed E-state index contributed by atoms with van der Waals surface area (Å²) in [4.78, 5) is 11.1. The monoisotopic (exact) mass is 388 g/mol. The molecule has 0 amide bonds. The van der Waals surface area contributed by atoms with E-state index in [4.69, 9.17) is 18.9 Å².